The summed E-state index contributed by atoms with van der Waals surface area (Å²) in [5.41, 5.74) is 1.21. The number of nitrogens with one attached hydrogen (secondary N) is 1. The minimum atomic E-state index is -0.168. The summed E-state index contributed by atoms with van der Waals surface area (Å²) in [5.74, 6) is 1.34. The third-order valence-electron chi connectivity index (χ3n) is 3.46. The lowest BCUT2D eigenvalue weighted by atomic mass is 10.1. The van der Waals surface area contributed by atoms with Gasteiger partial charge in [-0.05, 0) is 24.1 Å². The Morgan fingerprint density at radius 3 is 2.76 bits per heavy atom. The lowest BCUT2D eigenvalue weighted by Gasteiger charge is -2.15. The molecule has 0 bridgehead atoms. The van der Waals surface area contributed by atoms with E-state index in [1.807, 2.05) is 19.2 Å². The molecule has 0 spiro atoms. The minimum Gasteiger partial charge on any atom is -0.353 e. The smallest absolute Gasteiger partial charge is 0.194 e. The van der Waals surface area contributed by atoms with Gasteiger partial charge in [0, 0.05) is 25.6 Å². The van der Waals surface area contributed by atoms with Crippen molar-refractivity contribution in [2.75, 3.05) is 20.1 Å². The Balaban J connectivity index is 1.61. The number of hydrogen-bond acceptors (Lipinski definition) is 3. The van der Waals surface area contributed by atoms with E-state index in [0.717, 1.165) is 25.5 Å². The number of halogens is 1. The molecule has 0 radical (unpaired) electrons. The highest BCUT2D eigenvalue weighted by atomic mass is 19.1. The van der Waals surface area contributed by atoms with E-state index in [4.69, 9.17) is 0 Å². The van der Waals surface area contributed by atoms with Gasteiger partial charge < -0.3 is 10.2 Å². The molecule has 2 atom stereocenters. The maximum absolute atomic E-state index is 12.8. The van der Waals surface area contributed by atoms with E-state index < -0.39 is 0 Å². The zero-order valence-corrected chi connectivity index (χ0v) is 9.86. The van der Waals surface area contributed by atoms with E-state index in [9.17, 15) is 4.39 Å². The standard InChI is InChI=1S/C13H16FN3/c1-17-7-6-15-13(17)16-12-8-11(12)9-2-4-10(14)5-3-9/h2-5,11-12H,6-8H2,1H3,(H,15,16)/t11-,12+/m0/s1. The number of hydrogen-bond donors (Lipinski definition) is 1. The second-order valence-corrected chi connectivity index (χ2v) is 4.77. The van der Waals surface area contributed by atoms with Gasteiger partial charge in [-0.15, -0.1) is 0 Å². The van der Waals surface area contributed by atoms with Crippen LogP contribution in [0.4, 0.5) is 4.39 Å². The van der Waals surface area contributed by atoms with Crippen molar-refractivity contribution in [2.24, 2.45) is 4.99 Å². The predicted molar refractivity (Wildman–Crippen MR) is 65.6 cm³/mol. The maximum Gasteiger partial charge on any atom is 0.194 e. The van der Waals surface area contributed by atoms with Crippen molar-refractivity contribution in [2.45, 2.75) is 18.4 Å². The second kappa shape index (κ2) is 4.02. The largest absolute Gasteiger partial charge is 0.353 e. The third-order valence-corrected chi connectivity index (χ3v) is 3.46. The van der Waals surface area contributed by atoms with E-state index in [-0.39, 0.29) is 5.82 Å². The summed E-state index contributed by atoms with van der Waals surface area (Å²) in [4.78, 5) is 6.55. The van der Waals surface area contributed by atoms with Gasteiger partial charge in [-0.25, -0.2) is 4.39 Å². The molecule has 1 aliphatic heterocycles. The van der Waals surface area contributed by atoms with Gasteiger partial charge >= 0.3 is 0 Å². The first-order chi connectivity index (χ1) is 8.24. The third kappa shape index (κ3) is 2.12. The molecule has 0 amide bonds. The van der Waals surface area contributed by atoms with Gasteiger partial charge in [0.1, 0.15) is 5.82 Å². The highest BCUT2D eigenvalue weighted by Crippen LogP contribution is 2.40. The summed E-state index contributed by atoms with van der Waals surface area (Å²) in [6.07, 6.45) is 1.11. The monoisotopic (exact) mass is 233 g/mol. The maximum atomic E-state index is 12.8. The van der Waals surface area contributed by atoms with Crippen LogP contribution in [0.15, 0.2) is 29.3 Å². The first-order valence-electron chi connectivity index (χ1n) is 6.01. The molecule has 0 unspecified atom stereocenters. The molecule has 0 aromatic heterocycles. The summed E-state index contributed by atoms with van der Waals surface area (Å²) in [6.45, 7) is 1.88. The van der Waals surface area contributed by atoms with Crippen molar-refractivity contribution in [1.82, 2.24) is 10.2 Å². The van der Waals surface area contributed by atoms with Crippen LogP contribution in [0, 0.1) is 5.82 Å². The Morgan fingerprint density at radius 1 is 1.35 bits per heavy atom. The first kappa shape index (κ1) is 10.6. The quantitative estimate of drug-likeness (QED) is 0.839. The molecule has 4 heteroatoms. The molecule has 1 N–H and O–H groups in total. The van der Waals surface area contributed by atoms with Crippen LogP contribution in [0.2, 0.25) is 0 Å². The van der Waals surface area contributed by atoms with Crippen LogP contribution in [0.1, 0.15) is 17.9 Å². The average molecular weight is 233 g/mol. The van der Waals surface area contributed by atoms with E-state index in [2.05, 4.69) is 15.2 Å². The Morgan fingerprint density at radius 2 is 2.12 bits per heavy atom. The fourth-order valence-corrected chi connectivity index (χ4v) is 2.29. The van der Waals surface area contributed by atoms with Crippen molar-refractivity contribution >= 4 is 5.96 Å². The molecule has 90 valence electrons. The summed E-state index contributed by atoms with van der Waals surface area (Å²) >= 11 is 0. The van der Waals surface area contributed by atoms with Crippen LogP contribution < -0.4 is 5.32 Å². The van der Waals surface area contributed by atoms with Gasteiger partial charge in [0.25, 0.3) is 0 Å². The Labute approximate surface area is 100 Å². The van der Waals surface area contributed by atoms with Gasteiger partial charge in [0.2, 0.25) is 0 Å². The van der Waals surface area contributed by atoms with E-state index in [1.165, 1.54) is 17.7 Å². The van der Waals surface area contributed by atoms with Crippen molar-refractivity contribution < 1.29 is 4.39 Å². The SMILES string of the molecule is CN1CCN=C1N[C@@H]1C[C@H]1c1ccc(F)cc1. The molecule has 1 saturated carbocycles. The van der Waals surface area contributed by atoms with Crippen molar-refractivity contribution in [3.05, 3.63) is 35.6 Å². The molecular weight excluding hydrogens is 217 g/mol. The Kier molecular flexibility index (Phi) is 2.50. The highest BCUT2D eigenvalue weighted by Gasteiger charge is 2.39. The Bertz CT molecular complexity index is 440. The van der Waals surface area contributed by atoms with Crippen LogP contribution in [-0.4, -0.2) is 37.0 Å². The molecule has 3 nitrogen and oxygen atoms in total. The molecule has 0 saturated heterocycles. The number of nitrogens with zero attached hydrogens (tertiary/aromatic N) is 2. The summed E-state index contributed by atoms with van der Waals surface area (Å²) in [5, 5.41) is 3.45. The van der Waals surface area contributed by atoms with Crippen molar-refractivity contribution in [3.8, 4) is 0 Å². The van der Waals surface area contributed by atoms with E-state index in [0.29, 0.717) is 12.0 Å². The highest BCUT2D eigenvalue weighted by molar-refractivity contribution is 5.82. The zero-order valence-electron chi connectivity index (χ0n) is 9.86. The minimum absolute atomic E-state index is 0.168. The van der Waals surface area contributed by atoms with Crippen molar-refractivity contribution in [1.29, 1.82) is 0 Å². The van der Waals surface area contributed by atoms with Crippen LogP contribution in [-0.2, 0) is 0 Å². The first-order valence-corrected chi connectivity index (χ1v) is 6.01. The fraction of sp³-hybridized carbons (Fsp3) is 0.462. The molecule has 1 aliphatic carbocycles. The molecule has 1 aromatic rings. The Hall–Kier alpha value is -1.58. The summed E-state index contributed by atoms with van der Waals surface area (Å²) in [6, 6.07) is 7.28. The molecular formula is C13H16FN3. The second-order valence-electron chi connectivity index (χ2n) is 4.77. The van der Waals surface area contributed by atoms with E-state index >= 15 is 0 Å². The van der Waals surface area contributed by atoms with Crippen LogP contribution >= 0.6 is 0 Å². The molecule has 17 heavy (non-hydrogen) atoms. The lowest BCUT2D eigenvalue weighted by molar-refractivity contribution is 0.532. The topological polar surface area (TPSA) is 27.6 Å². The molecule has 1 fully saturated rings. The van der Waals surface area contributed by atoms with Crippen LogP contribution in [0.3, 0.4) is 0 Å². The molecule has 3 rings (SSSR count). The number of benzene rings is 1. The molecule has 2 aliphatic rings. The number of likely N-dealkylation sites (N-methyl/N-ethyl adjacent to an activating group) is 1. The number of rotatable bonds is 2. The zero-order chi connectivity index (χ0) is 11.8. The van der Waals surface area contributed by atoms with Gasteiger partial charge in [-0.3, -0.25) is 4.99 Å². The fourth-order valence-electron chi connectivity index (χ4n) is 2.29. The van der Waals surface area contributed by atoms with E-state index in [1.54, 1.807) is 0 Å². The molecule has 1 aromatic carbocycles. The number of aliphatic imine (C=N–C) groups is 1. The number of guanidine groups is 1. The molecule has 1 heterocycles. The lowest BCUT2D eigenvalue weighted by Crippen LogP contribution is -2.37. The van der Waals surface area contributed by atoms with Gasteiger partial charge in [0.15, 0.2) is 5.96 Å². The van der Waals surface area contributed by atoms with Crippen LogP contribution in [0.25, 0.3) is 0 Å². The van der Waals surface area contributed by atoms with Gasteiger partial charge in [-0.2, -0.15) is 0 Å². The summed E-state index contributed by atoms with van der Waals surface area (Å²) < 4.78 is 12.8. The predicted octanol–water partition coefficient (Wildman–Crippen LogP) is 1.57. The van der Waals surface area contributed by atoms with Crippen LogP contribution in [0.5, 0.6) is 0 Å². The average Bonchev–Trinajstić information content (AvgIpc) is 2.97. The van der Waals surface area contributed by atoms with Gasteiger partial charge in [0.05, 0.1) is 6.54 Å². The van der Waals surface area contributed by atoms with Crippen molar-refractivity contribution in [3.63, 3.8) is 0 Å². The van der Waals surface area contributed by atoms with Gasteiger partial charge in [-0.1, -0.05) is 12.1 Å². The normalized spacial score (nSPS) is 26.9. The summed E-state index contributed by atoms with van der Waals surface area (Å²) in [7, 11) is 2.05.